The zero-order valence-electron chi connectivity index (χ0n) is 30.2. The van der Waals surface area contributed by atoms with Gasteiger partial charge in [-0.1, -0.05) is 81.4 Å². The van der Waals surface area contributed by atoms with Gasteiger partial charge >= 0.3 is 0 Å². The fourth-order valence-electron chi connectivity index (χ4n) is 7.17. The summed E-state index contributed by atoms with van der Waals surface area (Å²) in [7, 11) is 0. The zero-order valence-corrected chi connectivity index (χ0v) is 30.2. The largest absolute Gasteiger partial charge is 0.379 e. The predicted molar refractivity (Wildman–Crippen MR) is 191 cm³/mol. The van der Waals surface area contributed by atoms with Crippen LogP contribution in [0.4, 0.5) is 0 Å². The highest BCUT2D eigenvalue weighted by Gasteiger charge is 2.65. The summed E-state index contributed by atoms with van der Waals surface area (Å²) in [5.41, 5.74) is 0.953. The predicted octanol–water partition coefficient (Wildman–Crippen LogP) is 1.95. The van der Waals surface area contributed by atoms with Crippen LogP contribution < -0.4 is 21.3 Å². The first kappa shape index (κ1) is 38.1. The number of nitrogens with one attached hydrogen (secondary N) is 4. The summed E-state index contributed by atoms with van der Waals surface area (Å²) in [4.78, 5) is 70.1. The van der Waals surface area contributed by atoms with Crippen molar-refractivity contribution >= 4 is 29.4 Å². The molecule has 4 N–H and O–H groups in total. The van der Waals surface area contributed by atoms with Crippen molar-refractivity contribution in [1.82, 2.24) is 26.2 Å². The third kappa shape index (κ3) is 10.5. The smallest absolute Gasteiger partial charge is 0.243 e. The third-order valence-electron chi connectivity index (χ3n) is 10.0. The van der Waals surface area contributed by atoms with Crippen molar-refractivity contribution in [3.05, 3.63) is 71.8 Å². The number of fused-ring (bicyclic) bond motifs is 1. The number of hydrogen-bond donors (Lipinski definition) is 4. The van der Waals surface area contributed by atoms with Crippen LogP contribution in [0.3, 0.4) is 0 Å². The lowest BCUT2D eigenvalue weighted by Crippen LogP contribution is -2.60. The molecule has 0 aromatic heterocycles. The third-order valence-corrected chi connectivity index (χ3v) is 10.0. The average Bonchev–Trinajstić information content (AvgIpc) is 3.83. The molecule has 0 radical (unpaired) electrons. The van der Waals surface area contributed by atoms with Gasteiger partial charge in [-0.15, -0.1) is 0 Å². The fourth-order valence-corrected chi connectivity index (χ4v) is 7.17. The Morgan fingerprint density at radius 1 is 0.843 bits per heavy atom. The number of rotatable bonds is 16. The second-order valence-electron chi connectivity index (χ2n) is 14.8. The number of nitrogens with zero attached hydrogens (tertiary/aromatic N) is 1. The molecule has 0 bridgehead atoms. The monoisotopic (exact) mass is 703 g/mol. The number of Topliss-reactive ketones (excluding diaryl/α,β-unsaturated/α-hetero) is 1. The second-order valence-corrected chi connectivity index (χ2v) is 14.8. The highest BCUT2D eigenvalue weighted by Crippen LogP contribution is 2.48. The lowest BCUT2D eigenvalue weighted by molar-refractivity contribution is -0.135. The lowest BCUT2D eigenvalue weighted by atomic mass is 9.79. The van der Waals surface area contributed by atoms with Crippen molar-refractivity contribution in [2.24, 2.45) is 11.8 Å². The Morgan fingerprint density at radius 3 is 2.10 bits per heavy atom. The Bertz CT molecular complexity index is 1520. The topological polar surface area (TPSA) is 158 Å². The van der Waals surface area contributed by atoms with E-state index < -0.39 is 47.5 Å². The molecule has 2 saturated heterocycles. The SMILES string of the molecule is CC(C)C[C@H](NC(=O)[C@H](CCc1ccccc1)NC(=O)CN1CCOCC1)C(=O)N[C@@H](Cc1ccccc1)C(=O)N[C@@H]1CC(C)C2O[C@@]2(C)C1=O. The van der Waals surface area contributed by atoms with E-state index in [1.807, 2.05) is 86.3 Å². The van der Waals surface area contributed by atoms with Gasteiger partial charge in [-0.05, 0) is 55.6 Å². The molecule has 1 aliphatic carbocycles. The first-order chi connectivity index (χ1) is 24.4. The van der Waals surface area contributed by atoms with Gasteiger partial charge < -0.3 is 30.7 Å². The summed E-state index contributed by atoms with van der Waals surface area (Å²) in [6.45, 7) is 10.1. The van der Waals surface area contributed by atoms with Crippen molar-refractivity contribution < 1.29 is 33.4 Å². The summed E-state index contributed by atoms with van der Waals surface area (Å²) in [5.74, 6) is -1.80. The van der Waals surface area contributed by atoms with Crippen molar-refractivity contribution in [1.29, 1.82) is 0 Å². The molecule has 276 valence electrons. The van der Waals surface area contributed by atoms with Crippen molar-refractivity contribution in [2.45, 2.75) is 95.7 Å². The van der Waals surface area contributed by atoms with Crippen LogP contribution in [-0.4, -0.2) is 103 Å². The second kappa shape index (κ2) is 17.4. The molecule has 12 heteroatoms. The number of ether oxygens (including phenoxy) is 2. The Labute approximate surface area is 300 Å². The molecule has 4 amide bonds. The number of hydrogen-bond acceptors (Lipinski definition) is 8. The van der Waals surface area contributed by atoms with Gasteiger partial charge in [-0.3, -0.25) is 28.9 Å². The van der Waals surface area contributed by atoms with Crippen molar-refractivity contribution in [2.75, 3.05) is 32.8 Å². The Hall–Kier alpha value is -4.13. The number of carbonyl (C=O) groups excluding carboxylic acids is 5. The number of morpholine rings is 1. The number of epoxide rings is 1. The van der Waals surface area contributed by atoms with Crippen LogP contribution in [0.1, 0.15) is 58.1 Å². The van der Waals surface area contributed by atoms with E-state index in [1.54, 1.807) is 6.92 Å². The minimum Gasteiger partial charge on any atom is -0.379 e. The summed E-state index contributed by atoms with van der Waals surface area (Å²) in [5, 5.41) is 11.6. The van der Waals surface area contributed by atoms with Crippen molar-refractivity contribution in [3.8, 4) is 0 Å². The molecule has 2 aliphatic heterocycles. The zero-order chi connectivity index (χ0) is 36.5. The van der Waals surface area contributed by atoms with Gasteiger partial charge in [0.15, 0.2) is 11.4 Å². The van der Waals surface area contributed by atoms with E-state index in [0.29, 0.717) is 52.0 Å². The first-order valence-corrected chi connectivity index (χ1v) is 18.2. The first-order valence-electron chi connectivity index (χ1n) is 18.2. The van der Waals surface area contributed by atoms with Gasteiger partial charge in [0, 0.05) is 19.5 Å². The van der Waals surface area contributed by atoms with E-state index in [-0.39, 0.29) is 42.6 Å². The van der Waals surface area contributed by atoms with E-state index in [2.05, 4.69) is 21.3 Å². The molecule has 2 heterocycles. The molecule has 51 heavy (non-hydrogen) atoms. The summed E-state index contributed by atoms with van der Waals surface area (Å²) in [6, 6.07) is 15.4. The molecule has 1 saturated carbocycles. The number of benzene rings is 2. The Morgan fingerprint density at radius 2 is 1.45 bits per heavy atom. The molecule has 12 nitrogen and oxygen atoms in total. The highest BCUT2D eigenvalue weighted by atomic mass is 16.6. The van der Waals surface area contributed by atoms with Crippen LogP contribution in [0.2, 0.25) is 0 Å². The quantitative estimate of drug-likeness (QED) is 0.193. The standard InChI is InChI=1S/C39H53N5O7/c1-25(2)21-31(42-36(47)29(16-15-27-11-7-5-8-12-27)40-33(45)24-44-17-19-50-20-18-44)37(48)43-32(23-28-13-9-6-10-14-28)38(49)41-30-22-26(3)35-39(4,51-35)34(30)46/h5-14,25-26,29-32,35H,15-24H2,1-4H3,(H,40,45)(H,41,49)(H,42,47)(H,43,48)/t26?,29-,30+,31-,32-,35?,39-/m0/s1. The van der Waals surface area contributed by atoms with Crippen LogP contribution in [-0.2, 0) is 46.3 Å². The van der Waals surface area contributed by atoms with E-state index in [9.17, 15) is 24.0 Å². The van der Waals surface area contributed by atoms with Gasteiger partial charge in [0.1, 0.15) is 18.1 Å². The summed E-state index contributed by atoms with van der Waals surface area (Å²) in [6.07, 6.45) is 1.67. The average molecular weight is 704 g/mol. The van der Waals surface area contributed by atoms with Gasteiger partial charge in [0.25, 0.3) is 0 Å². The number of amides is 4. The molecular formula is C39H53N5O7. The molecule has 3 fully saturated rings. The van der Waals surface area contributed by atoms with Gasteiger partial charge in [-0.2, -0.15) is 0 Å². The summed E-state index contributed by atoms with van der Waals surface area (Å²) < 4.78 is 11.1. The van der Waals surface area contributed by atoms with E-state index in [1.165, 1.54) is 0 Å². The maximum Gasteiger partial charge on any atom is 0.243 e. The fraction of sp³-hybridized carbons (Fsp3) is 0.564. The van der Waals surface area contributed by atoms with Crippen LogP contribution in [0.25, 0.3) is 0 Å². The van der Waals surface area contributed by atoms with E-state index in [0.717, 1.165) is 11.1 Å². The molecule has 2 aromatic carbocycles. The minimum absolute atomic E-state index is 0.0229. The molecule has 2 unspecified atom stereocenters. The lowest BCUT2D eigenvalue weighted by Gasteiger charge is -2.30. The van der Waals surface area contributed by atoms with Crippen LogP contribution in [0.15, 0.2) is 60.7 Å². The normalized spacial score (nSPS) is 24.8. The van der Waals surface area contributed by atoms with Crippen molar-refractivity contribution in [3.63, 3.8) is 0 Å². The highest BCUT2D eigenvalue weighted by molar-refractivity contribution is 6.00. The van der Waals surface area contributed by atoms with Crippen LogP contribution in [0, 0.1) is 11.8 Å². The van der Waals surface area contributed by atoms with Gasteiger partial charge in [0.05, 0.1) is 31.9 Å². The number of aryl methyl sites for hydroxylation is 1. The maximum absolute atomic E-state index is 14.0. The number of ketones is 1. The van der Waals surface area contributed by atoms with E-state index >= 15 is 0 Å². The Kier molecular flexibility index (Phi) is 13.0. The summed E-state index contributed by atoms with van der Waals surface area (Å²) >= 11 is 0. The van der Waals surface area contributed by atoms with Gasteiger partial charge in [-0.25, -0.2) is 0 Å². The minimum atomic E-state index is -1.01. The maximum atomic E-state index is 14.0. The molecule has 2 aromatic rings. The molecule has 0 spiro atoms. The molecule has 5 rings (SSSR count). The van der Waals surface area contributed by atoms with E-state index in [4.69, 9.17) is 9.47 Å². The van der Waals surface area contributed by atoms with Crippen LogP contribution in [0.5, 0.6) is 0 Å². The molecule has 7 atom stereocenters. The van der Waals surface area contributed by atoms with Gasteiger partial charge in [0.2, 0.25) is 23.6 Å². The Balaban J connectivity index is 1.29. The number of carbonyl (C=O) groups is 5. The molecular weight excluding hydrogens is 650 g/mol. The van der Waals surface area contributed by atoms with Crippen LogP contribution >= 0.6 is 0 Å². The molecule has 3 aliphatic rings.